The van der Waals surface area contributed by atoms with Gasteiger partial charge in [0.15, 0.2) is 0 Å². The SMILES string of the molecule is CCC1(C)C(=O)Oc2c(C(C)(C)C)cccc21. The summed E-state index contributed by atoms with van der Waals surface area (Å²) in [6, 6.07) is 6.09. The number of carbonyl (C=O) groups is 1. The van der Waals surface area contributed by atoms with Gasteiger partial charge in [0, 0.05) is 11.1 Å². The topological polar surface area (TPSA) is 26.3 Å². The third kappa shape index (κ3) is 1.67. The first-order valence-electron chi connectivity index (χ1n) is 6.17. The number of ether oxygens (including phenoxy) is 1. The molecular weight excluding hydrogens is 212 g/mol. The average Bonchev–Trinajstić information content (AvgIpc) is 2.51. The molecule has 0 spiro atoms. The Bertz CT molecular complexity index is 468. The first-order chi connectivity index (χ1) is 7.80. The molecule has 0 saturated heterocycles. The van der Waals surface area contributed by atoms with Crippen LogP contribution in [-0.4, -0.2) is 5.97 Å². The van der Waals surface area contributed by atoms with Crippen LogP contribution in [0.3, 0.4) is 0 Å². The molecule has 0 fully saturated rings. The number of para-hydroxylation sites is 1. The van der Waals surface area contributed by atoms with Crippen LogP contribution in [-0.2, 0) is 15.6 Å². The van der Waals surface area contributed by atoms with Gasteiger partial charge >= 0.3 is 5.97 Å². The molecule has 0 aliphatic carbocycles. The molecule has 1 aliphatic heterocycles. The Morgan fingerprint density at radius 2 is 1.94 bits per heavy atom. The monoisotopic (exact) mass is 232 g/mol. The smallest absolute Gasteiger partial charge is 0.321 e. The molecule has 1 heterocycles. The first kappa shape index (κ1) is 12.2. The molecule has 0 amide bonds. The molecule has 0 bridgehead atoms. The van der Waals surface area contributed by atoms with Crippen LogP contribution in [0.4, 0.5) is 0 Å². The second-order valence-electron chi connectivity index (χ2n) is 6.01. The Kier molecular flexibility index (Phi) is 2.57. The molecule has 0 radical (unpaired) electrons. The van der Waals surface area contributed by atoms with E-state index in [1.807, 2.05) is 32.0 Å². The van der Waals surface area contributed by atoms with Crippen LogP contribution in [0.5, 0.6) is 5.75 Å². The normalized spacial score (nSPS) is 23.5. The van der Waals surface area contributed by atoms with Gasteiger partial charge in [0.25, 0.3) is 0 Å². The third-order valence-corrected chi connectivity index (χ3v) is 3.77. The fourth-order valence-electron chi connectivity index (χ4n) is 2.32. The van der Waals surface area contributed by atoms with Gasteiger partial charge in [0.05, 0.1) is 5.41 Å². The fraction of sp³-hybridized carbons (Fsp3) is 0.533. The van der Waals surface area contributed by atoms with Crippen molar-refractivity contribution in [3.8, 4) is 5.75 Å². The van der Waals surface area contributed by atoms with Gasteiger partial charge in [-0.05, 0) is 18.8 Å². The van der Waals surface area contributed by atoms with Crippen molar-refractivity contribution in [2.45, 2.75) is 51.9 Å². The molecule has 1 aromatic carbocycles. The zero-order valence-corrected chi connectivity index (χ0v) is 11.3. The Balaban J connectivity index is 2.65. The minimum absolute atomic E-state index is 0.00931. The molecular formula is C15H20O2. The molecule has 92 valence electrons. The molecule has 1 aliphatic rings. The lowest BCUT2D eigenvalue weighted by molar-refractivity contribution is -0.137. The molecule has 1 unspecified atom stereocenters. The lowest BCUT2D eigenvalue weighted by atomic mass is 9.78. The van der Waals surface area contributed by atoms with Gasteiger partial charge in [0.2, 0.25) is 0 Å². The van der Waals surface area contributed by atoms with E-state index in [0.29, 0.717) is 0 Å². The largest absolute Gasteiger partial charge is 0.425 e. The van der Waals surface area contributed by atoms with Crippen LogP contribution in [0.2, 0.25) is 0 Å². The van der Waals surface area contributed by atoms with E-state index in [0.717, 1.165) is 23.3 Å². The highest BCUT2D eigenvalue weighted by molar-refractivity contribution is 5.90. The van der Waals surface area contributed by atoms with Gasteiger partial charge in [-0.3, -0.25) is 4.79 Å². The minimum Gasteiger partial charge on any atom is -0.425 e. The first-order valence-corrected chi connectivity index (χ1v) is 6.17. The number of hydrogen-bond donors (Lipinski definition) is 0. The maximum Gasteiger partial charge on any atom is 0.321 e. The Morgan fingerprint density at radius 3 is 2.47 bits per heavy atom. The van der Waals surface area contributed by atoms with Crippen molar-refractivity contribution in [1.29, 1.82) is 0 Å². The third-order valence-electron chi connectivity index (χ3n) is 3.77. The van der Waals surface area contributed by atoms with E-state index in [4.69, 9.17) is 4.74 Å². The second-order valence-corrected chi connectivity index (χ2v) is 6.01. The molecule has 0 aromatic heterocycles. The van der Waals surface area contributed by atoms with Gasteiger partial charge in [-0.2, -0.15) is 0 Å². The van der Waals surface area contributed by atoms with Crippen molar-refractivity contribution in [3.63, 3.8) is 0 Å². The number of benzene rings is 1. The van der Waals surface area contributed by atoms with Crippen LogP contribution < -0.4 is 4.74 Å². The van der Waals surface area contributed by atoms with Gasteiger partial charge in [-0.15, -0.1) is 0 Å². The Morgan fingerprint density at radius 1 is 1.29 bits per heavy atom. The van der Waals surface area contributed by atoms with Gasteiger partial charge in [0.1, 0.15) is 5.75 Å². The molecule has 0 N–H and O–H groups in total. The van der Waals surface area contributed by atoms with Crippen molar-refractivity contribution < 1.29 is 9.53 Å². The Labute approximate surface area is 103 Å². The van der Waals surface area contributed by atoms with Crippen LogP contribution in [0.15, 0.2) is 18.2 Å². The summed E-state index contributed by atoms with van der Waals surface area (Å²) in [5.41, 5.74) is 1.67. The molecule has 2 rings (SSSR count). The van der Waals surface area contributed by atoms with Crippen LogP contribution in [0.25, 0.3) is 0 Å². The quantitative estimate of drug-likeness (QED) is 0.546. The zero-order chi connectivity index (χ0) is 12.8. The van der Waals surface area contributed by atoms with Crippen molar-refractivity contribution >= 4 is 5.97 Å². The van der Waals surface area contributed by atoms with Gasteiger partial charge in [-0.25, -0.2) is 0 Å². The molecule has 1 aromatic rings. The summed E-state index contributed by atoms with van der Waals surface area (Å²) in [5, 5.41) is 0. The number of esters is 1. The van der Waals surface area contributed by atoms with Gasteiger partial charge < -0.3 is 4.74 Å². The predicted octanol–water partition coefficient (Wildman–Crippen LogP) is 3.57. The summed E-state index contributed by atoms with van der Waals surface area (Å²) >= 11 is 0. The second kappa shape index (κ2) is 3.59. The molecule has 2 heteroatoms. The summed E-state index contributed by atoms with van der Waals surface area (Å²) in [4.78, 5) is 12.0. The molecule has 1 atom stereocenters. The predicted molar refractivity (Wildman–Crippen MR) is 68.4 cm³/mol. The van der Waals surface area contributed by atoms with Crippen LogP contribution in [0, 0.1) is 0 Å². The van der Waals surface area contributed by atoms with Crippen molar-refractivity contribution in [3.05, 3.63) is 29.3 Å². The summed E-state index contributed by atoms with van der Waals surface area (Å²) in [6.45, 7) is 10.4. The maximum atomic E-state index is 12.0. The lowest BCUT2D eigenvalue weighted by Gasteiger charge is -2.22. The highest BCUT2D eigenvalue weighted by Gasteiger charge is 2.45. The number of hydrogen-bond acceptors (Lipinski definition) is 2. The van der Waals surface area contributed by atoms with E-state index in [1.54, 1.807) is 0 Å². The van der Waals surface area contributed by atoms with E-state index in [1.165, 1.54) is 0 Å². The minimum atomic E-state index is -0.476. The fourth-order valence-corrected chi connectivity index (χ4v) is 2.32. The highest BCUT2D eigenvalue weighted by atomic mass is 16.5. The summed E-state index contributed by atoms with van der Waals surface area (Å²) < 4.78 is 5.53. The van der Waals surface area contributed by atoms with Gasteiger partial charge in [-0.1, -0.05) is 45.9 Å². The van der Waals surface area contributed by atoms with Crippen LogP contribution in [0.1, 0.15) is 52.2 Å². The van der Waals surface area contributed by atoms with E-state index in [-0.39, 0.29) is 11.4 Å². The van der Waals surface area contributed by atoms with Crippen LogP contribution >= 0.6 is 0 Å². The average molecular weight is 232 g/mol. The highest BCUT2D eigenvalue weighted by Crippen LogP contribution is 2.46. The van der Waals surface area contributed by atoms with Crippen molar-refractivity contribution in [2.24, 2.45) is 0 Å². The number of rotatable bonds is 1. The number of carbonyl (C=O) groups excluding carboxylic acids is 1. The lowest BCUT2D eigenvalue weighted by Crippen LogP contribution is -2.29. The summed E-state index contributed by atoms with van der Waals surface area (Å²) in [6.07, 6.45) is 0.770. The van der Waals surface area contributed by atoms with E-state index in [2.05, 4.69) is 20.8 Å². The van der Waals surface area contributed by atoms with Crippen molar-refractivity contribution in [1.82, 2.24) is 0 Å². The van der Waals surface area contributed by atoms with E-state index in [9.17, 15) is 4.79 Å². The van der Waals surface area contributed by atoms with E-state index >= 15 is 0 Å². The maximum absolute atomic E-state index is 12.0. The zero-order valence-electron chi connectivity index (χ0n) is 11.3. The molecule has 0 saturated carbocycles. The number of fused-ring (bicyclic) bond motifs is 1. The summed E-state index contributed by atoms with van der Waals surface area (Å²) in [5.74, 6) is 0.668. The Hall–Kier alpha value is -1.31. The van der Waals surface area contributed by atoms with E-state index < -0.39 is 5.41 Å². The molecule has 17 heavy (non-hydrogen) atoms. The van der Waals surface area contributed by atoms with Crippen molar-refractivity contribution in [2.75, 3.05) is 0 Å². The molecule has 2 nitrogen and oxygen atoms in total. The standard InChI is InChI=1S/C15H20O2/c1-6-15(5)11-9-7-8-10(14(2,3)4)12(11)17-13(15)16/h7-9H,6H2,1-5H3. The summed E-state index contributed by atoms with van der Waals surface area (Å²) in [7, 11) is 0.